The molecule has 1 unspecified atom stereocenters. The van der Waals surface area contributed by atoms with Gasteiger partial charge in [-0.05, 0) is 19.8 Å². The van der Waals surface area contributed by atoms with E-state index < -0.39 is 10.2 Å². The number of rotatable bonds is 4. The Balaban J connectivity index is 2.72. The van der Waals surface area contributed by atoms with Crippen LogP contribution in [0.15, 0.2) is 0 Å². The average molecular weight is 236 g/mol. The fourth-order valence-electron chi connectivity index (χ4n) is 1.62. The highest BCUT2D eigenvalue weighted by molar-refractivity contribution is 7.86. The van der Waals surface area contributed by atoms with E-state index in [1.54, 1.807) is 6.92 Å². The van der Waals surface area contributed by atoms with Crippen molar-refractivity contribution < 1.29 is 13.5 Å². The highest BCUT2D eigenvalue weighted by Crippen LogP contribution is 2.16. The standard InChI is InChI=1S/C9H20N2O3S/c1-9(8-12)10(2)15(13,14)11-6-4-3-5-7-11/h9,12H,3-8H2,1-2H3. The van der Waals surface area contributed by atoms with Gasteiger partial charge in [0.2, 0.25) is 0 Å². The van der Waals surface area contributed by atoms with Crippen molar-refractivity contribution in [3.63, 3.8) is 0 Å². The first-order valence-corrected chi connectivity index (χ1v) is 6.74. The van der Waals surface area contributed by atoms with Crippen LogP contribution >= 0.6 is 0 Å². The van der Waals surface area contributed by atoms with Crippen LogP contribution in [-0.4, -0.2) is 54.9 Å². The fourth-order valence-corrected chi connectivity index (χ4v) is 3.23. The normalized spacial score (nSPS) is 21.9. The van der Waals surface area contributed by atoms with E-state index in [-0.39, 0.29) is 12.6 Å². The first kappa shape index (κ1) is 12.9. The van der Waals surface area contributed by atoms with Crippen molar-refractivity contribution in [2.45, 2.75) is 32.2 Å². The topological polar surface area (TPSA) is 60.9 Å². The molecule has 0 amide bonds. The van der Waals surface area contributed by atoms with Gasteiger partial charge in [-0.15, -0.1) is 0 Å². The quantitative estimate of drug-likeness (QED) is 0.749. The van der Waals surface area contributed by atoms with Gasteiger partial charge in [0, 0.05) is 26.2 Å². The summed E-state index contributed by atoms with van der Waals surface area (Å²) in [4.78, 5) is 0. The molecule has 1 saturated heterocycles. The molecule has 0 radical (unpaired) electrons. The van der Waals surface area contributed by atoms with Crippen LogP contribution < -0.4 is 0 Å². The number of nitrogens with zero attached hydrogens (tertiary/aromatic N) is 2. The molecule has 1 heterocycles. The minimum Gasteiger partial charge on any atom is -0.395 e. The van der Waals surface area contributed by atoms with Crippen molar-refractivity contribution in [1.82, 2.24) is 8.61 Å². The SMILES string of the molecule is CC(CO)N(C)S(=O)(=O)N1CCCCC1. The van der Waals surface area contributed by atoms with Gasteiger partial charge in [0.25, 0.3) is 10.2 Å². The highest BCUT2D eigenvalue weighted by Gasteiger charge is 2.30. The monoisotopic (exact) mass is 236 g/mol. The molecule has 6 heteroatoms. The summed E-state index contributed by atoms with van der Waals surface area (Å²) in [5.41, 5.74) is 0. The van der Waals surface area contributed by atoms with Crippen molar-refractivity contribution in [3.8, 4) is 0 Å². The molecular formula is C9H20N2O3S. The number of piperidine rings is 1. The van der Waals surface area contributed by atoms with E-state index >= 15 is 0 Å². The van der Waals surface area contributed by atoms with Gasteiger partial charge < -0.3 is 5.11 Å². The minimum atomic E-state index is -3.37. The summed E-state index contributed by atoms with van der Waals surface area (Å²) in [7, 11) is -1.85. The lowest BCUT2D eigenvalue weighted by Gasteiger charge is -2.32. The minimum absolute atomic E-state index is 0.149. The zero-order valence-electron chi connectivity index (χ0n) is 9.39. The molecule has 0 bridgehead atoms. The van der Waals surface area contributed by atoms with Crippen LogP contribution in [0.5, 0.6) is 0 Å². The van der Waals surface area contributed by atoms with E-state index in [1.807, 2.05) is 0 Å². The summed E-state index contributed by atoms with van der Waals surface area (Å²) in [6.07, 6.45) is 2.96. The van der Waals surface area contributed by atoms with Crippen LogP contribution in [0.2, 0.25) is 0 Å². The Labute approximate surface area is 91.9 Å². The van der Waals surface area contributed by atoms with E-state index in [2.05, 4.69) is 0 Å². The van der Waals surface area contributed by atoms with E-state index in [0.717, 1.165) is 19.3 Å². The Bertz CT molecular complexity index is 278. The molecular weight excluding hydrogens is 216 g/mol. The summed E-state index contributed by atoms with van der Waals surface area (Å²) in [5.74, 6) is 0. The first-order valence-electron chi connectivity index (χ1n) is 5.34. The van der Waals surface area contributed by atoms with Gasteiger partial charge in [-0.25, -0.2) is 0 Å². The Hall–Kier alpha value is -0.170. The molecule has 1 fully saturated rings. The summed E-state index contributed by atoms with van der Waals surface area (Å²) in [6, 6.07) is -0.364. The lowest BCUT2D eigenvalue weighted by atomic mass is 10.2. The highest BCUT2D eigenvalue weighted by atomic mass is 32.2. The maximum Gasteiger partial charge on any atom is 0.282 e. The van der Waals surface area contributed by atoms with Crippen molar-refractivity contribution in [2.24, 2.45) is 0 Å². The van der Waals surface area contributed by atoms with Crippen LogP contribution in [0, 0.1) is 0 Å². The van der Waals surface area contributed by atoms with Crippen molar-refractivity contribution in [3.05, 3.63) is 0 Å². The van der Waals surface area contributed by atoms with E-state index in [4.69, 9.17) is 5.11 Å². The molecule has 15 heavy (non-hydrogen) atoms. The fraction of sp³-hybridized carbons (Fsp3) is 1.00. The van der Waals surface area contributed by atoms with Gasteiger partial charge in [-0.2, -0.15) is 17.0 Å². The van der Waals surface area contributed by atoms with Gasteiger partial charge in [0.15, 0.2) is 0 Å². The number of likely N-dealkylation sites (N-methyl/N-ethyl adjacent to an activating group) is 1. The van der Waals surface area contributed by atoms with Crippen LogP contribution in [0.4, 0.5) is 0 Å². The third-order valence-electron chi connectivity index (χ3n) is 2.89. The maximum absolute atomic E-state index is 12.0. The number of aliphatic hydroxyl groups excluding tert-OH is 1. The molecule has 5 nitrogen and oxygen atoms in total. The van der Waals surface area contributed by atoms with Crippen LogP contribution in [-0.2, 0) is 10.2 Å². The Kier molecular flexibility index (Phi) is 4.51. The average Bonchev–Trinajstić information content (AvgIpc) is 2.28. The van der Waals surface area contributed by atoms with Crippen LogP contribution in [0.25, 0.3) is 0 Å². The third-order valence-corrected chi connectivity index (χ3v) is 5.00. The molecule has 0 aromatic carbocycles. The Morgan fingerprint density at radius 1 is 1.33 bits per heavy atom. The van der Waals surface area contributed by atoms with Crippen LogP contribution in [0.1, 0.15) is 26.2 Å². The smallest absolute Gasteiger partial charge is 0.282 e. The second-order valence-corrected chi connectivity index (χ2v) is 6.00. The van der Waals surface area contributed by atoms with Gasteiger partial charge in [0.1, 0.15) is 0 Å². The molecule has 1 rings (SSSR count). The summed E-state index contributed by atoms with van der Waals surface area (Å²) in [5, 5.41) is 8.94. The first-order chi connectivity index (χ1) is 7.00. The lowest BCUT2D eigenvalue weighted by molar-refractivity contribution is 0.203. The van der Waals surface area contributed by atoms with Gasteiger partial charge in [-0.1, -0.05) is 6.42 Å². The summed E-state index contributed by atoms with van der Waals surface area (Å²) < 4.78 is 26.8. The molecule has 0 aromatic rings. The van der Waals surface area contributed by atoms with Gasteiger partial charge >= 0.3 is 0 Å². The molecule has 0 aromatic heterocycles. The summed E-state index contributed by atoms with van der Waals surface area (Å²) in [6.45, 7) is 2.75. The second kappa shape index (κ2) is 5.25. The van der Waals surface area contributed by atoms with Crippen molar-refractivity contribution >= 4 is 10.2 Å². The molecule has 1 N–H and O–H groups in total. The predicted molar refractivity (Wildman–Crippen MR) is 58.7 cm³/mol. The van der Waals surface area contributed by atoms with E-state index in [9.17, 15) is 8.42 Å². The maximum atomic E-state index is 12.0. The zero-order valence-corrected chi connectivity index (χ0v) is 10.2. The molecule has 0 saturated carbocycles. The van der Waals surface area contributed by atoms with Crippen LogP contribution in [0.3, 0.4) is 0 Å². The van der Waals surface area contributed by atoms with Crippen molar-refractivity contribution in [1.29, 1.82) is 0 Å². The molecule has 1 aliphatic heterocycles. The largest absolute Gasteiger partial charge is 0.395 e. The predicted octanol–water partition coefficient (Wildman–Crippen LogP) is 0.0297. The molecule has 90 valence electrons. The van der Waals surface area contributed by atoms with Gasteiger partial charge in [-0.3, -0.25) is 0 Å². The number of hydrogen-bond donors (Lipinski definition) is 1. The second-order valence-electron chi connectivity index (χ2n) is 4.02. The number of hydrogen-bond acceptors (Lipinski definition) is 3. The Morgan fingerprint density at radius 2 is 1.87 bits per heavy atom. The van der Waals surface area contributed by atoms with Crippen molar-refractivity contribution in [2.75, 3.05) is 26.7 Å². The molecule has 1 aliphatic rings. The molecule has 0 spiro atoms. The van der Waals surface area contributed by atoms with E-state index in [1.165, 1.54) is 15.7 Å². The molecule has 0 aliphatic carbocycles. The van der Waals surface area contributed by atoms with E-state index in [0.29, 0.717) is 13.1 Å². The number of aliphatic hydroxyl groups is 1. The zero-order chi connectivity index (χ0) is 11.5. The molecule has 1 atom stereocenters. The lowest BCUT2D eigenvalue weighted by Crippen LogP contribution is -2.48. The van der Waals surface area contributed by atoms with Gasteiger partial charge in [0.05, 0.1) is 6.61 Å². The Morgan fingerprint density at radius 3 is 2.33 bits per heavy atom. The third kappa shape index (κ3) is 2.90. The summed E-state index contributed by atoms with van der Waals surface area (Å²) >= 11 is 0.